The van der Waals surface area contributed by atoms with Crippen LogP contribution in [0, 0.1) is 46.3 Å². The van der Waals surface area contributed by atoms with Crippen molar-refractivity contribution < 1.29 is 24.3 Å². The largest absolute Gasteiger partial charge is 0.395 e. The van der Waals surface area contributed by atoms with Crippen molar-refractivity contribution in [2.75, 3.05) is 0 Å². The van der Waals surface area contributed by atoms with Gasteiger partial charge in [-0.05, 0) is 97.7 Å². The Kier molecular flexibility index (Phi) is 6.28. The first-order valence-corrected chi connectivity index (χ1v) is 12.4. The zero-order valence-corrected chi connectivity index (χ0v) is 19.6. The van der Waals surface area contributed by atoms with E-state index in [9.17, 15) is 20.1 Å². The number of carbonyl (C=O) groups is 1. The van der Waals surface area contributed by atoms with Crippen LogP contribution in [0.2, 0.25) is 0 Å². The minimum atomic E-state index is -0.384. The van der Waals surface area contributed by atoms with E-state index in [1.807, 2.05) is 0 Å². The molecule has 0 aliphatic heterocycles. The number of aliphatic hydroxyl groups excluding tert-OH is 3. The predicted molar refractivity (Wildman–Crippen MR) is 117 cm³/mol. The molecule has 30 heavy (non-hydrogen) atoms. The Morgan fingerprint density at radius 2 is 1.83 bits per heavy atom. The normalized spacial score (nSPS) is 51.4. The summed E-state index contributed by atoms with van der Waals surface area (Å²) in [4.78, 5) is 11.6. The van der Waals surface area contributed by atoms with Crippen LogP contribution in [0.4, 0.5) is 0 Å². The molecule has 5 nitrogen and oxygen atoms in total. The lowest BCUT2D eigenvalue weighted by Gasteiger charge is -2.63. The van der Waals surface area contributed by atoms with Crippen LogP contribution >= 0.6 is 12.9 Å². The van der Waals surface area contributed by atoms with E-state index in [0.717, 1.165) is 51.4 Å². The molecule has 172 valence electrons. The average molecular weight is 441 g/mol. The van der Waals surface area contributed by atoms with Gasteiger partial charge in [0.05, 0.1) is 18.3 Å². The van der Waals surface area contributed by atoms with Crippen LogP contribution < -0.4 is 0 Å². The van der Waals surface area contributed by atoms with Crippen molar-refractivity contribution >= 4 is 18.9 Å². The van der Waals surface area contributed by atoms with Crippen LogP contribution in [0.1, 0.15) is 78.6 Å². The van der Waals surface area contributed by atoms with Gasteiger partial charge in [0.25, 0.3) is 0 Å². The topological polar surface area (TPSA) is 87.0 Å². The third-order valence-corrected chi connectivity index (χ3v) is 10.6. The van der Waals surface area contributed by atoms with Crippen molar-refractivity contribution in [3.63, 3.8) is 0 Å². The molecule has 6 heteroatoms. The molecule has 0 spiro atoms. The Hall–Kier alpha value is -0.300. The minimum absolute atomic E-state index is 0.103. The SMILES string of the molecule is CC(CCC(=O)OS)C1CCC2C3C(O)CC4CC(O)CCC4(C)C3CC(O)C12C. The zero-order valence-electron chi connectivity index (χ0n) is 18.7. The first-order valence-electron chi connectivity index (χ1n) is 12.0. The molecular formula is C24H40O5S. The van der Waals surface area contributed by atoms with Crippen LogP contribution in [-0.4, -0.2) is 39.6 Å². The molecule has 0 heterocycles. The highest BCUT2D eigenvalue weighted by molar-refractivity contribution is 7.75. The Morgan fingerprint density at radius 1 is 1.10 bits per heavy atom. The molecule has 3 N–H and O–H groups in total. The van der Waals surface area contributed by atoms with Gasteiger partial charge >= 0.3 is 5.97 Å². The summed E-state index contributed by atoms with van der Waals surface area (Å²) >= 11 is 3.61. The van der Waals surface area contributed by atoms with E-state index in [-0.39, 0.29) is 41.0 Å². The fraction of sp³-hybridized carbons (Fsp3) is 0.958. The van der Waals surface area contributed by atoms with Gasteiger partial charge in [0.15, 0.2) is 0 Å². The molecule has 0 radical (unpaired) electrons. The molecule has 4 aliphatic carbocycles. The average Bonchev–Trinajstić information content (AvgIpc) is 3.06. The number of aliphatic hydroxyl groups is 3. The first kappa shape index (κ1) is 22.9. The van der Waals surface area contributed by atoms with Gasteiger partial charge in [-0.3, -0.25) is 4.79 Å². The minimum Gasteiger partial charge on any atom is -0.395 e. The molecule has 11 unspecified atom stereocenters. The lowest BCUT2D eigenvalue weighted by Crippen LogP contribution is -2.62. The standard InChI is InChI=1S/C24H40O5S/c1-13(4-7-21(28)29-30)16-5-6-17-22-18(12-20(27)24(16,17)3)23(2)9-8-15(25)10-14(23)11-19(22)26/h13-20,22,25-27,30H,4-12H2,1-3H3. The van der Waals surface area contributed by atoms with E-state index in [1.165, 1.54) is 0 Å². The number of thiol groups is 1. The summed E-state index contributed by atoms with van der Waals surface area (Å²) in [6, 6.07) is 0. The van der Waals surface area contributed by atoms with Crippen molar-refractivity contribution in [2.45, 2.75) is 96.9 Å². The second kappa shape index (κ2) is 8.24. The van der Waals surface area contributed by atoms with E-state index in [4.69, 9.17) is 0 Å². The van der Waals surface area contributed by atoms with Crippen LogP contribution in [0.15, 0.2) is 0 Å². The number of fused-ring (bicyclic) bond motifs is 5. The summed E-state index contributed by atoms with van der Waals surface area (Å²) in [6.07, 6.45) is 6.37. The maximum absolute atomic E-state index is 11.6. The molecule has 4 rings (SSSR count). The fourth-order valence-corrected chi connectivity index (χ4v) is 8.82. The first-order chi connectivity index (χ1) is 14.1. The van der Waals surface area contributed by atoms with E-state index in [0.29, 0.717) is 36.0 Å². The number of rotatable bonds is 4. The third-order valence-electron chi connectivity index (χ3n) is 10.4. The quantitative estimate of drug-likeness (QED) is 0.395. The van der Waals surface area contributed by atoms with Crippen molar-refractivity contribution in [2.24, 2.45) is 46.3 Å². The van der Waals surface area contributed by atoms with Crippen LogP contribution in [0.3, 0.4) is 0 Å². The van der Waals surface area contributed by atoms with Crippen LogP contribution in [-0.2, 0) is 8.98 Å². The smallest absolute Gasteiger partial charge is 0.317 e. The second-order valence-corrected chi connectivity index (χ2v) is 11.7. The lowest BCUT2D eigenvalue weighted by atomic mass is 9.43. The molecule has 0 bridgehead atoms. The predicted octanol–water partition coefficient (Wildman–Crippen LogP) is 3.75. The molecule has 4 saturated carbocycles. The summed E-state index contributed by atoms with van der Waals surface area (Å²) in [5.41, 5.74) is -0.116. The molecule has 0 aromatic rings. The van der Waals surface area contributed by atoms with Gasteiger partial charge in [-0.2, -0.15) is 0 Å². The Labute approximate surface area is 186 Å². The molecular weight excluding hydrogens is 400 g/mol. The van der Waals surface area contributed by atoms with E-state index < -0.39 is 0 Å². The molecule has 0 aromatic carbocycles. The van der Waals surface area contributed by atoms with Gasteiger partial charge in [0.2, 0.25) is 0 Å². The maximum Gasteiger partial charge on any atom is 0.317 e. The summed E-state index contributed by atoms with van der Waals surface area (Å²) in [7, 11) is 0. The molecule has 4 fully saturated rings. The van der Waals surface area contributed by atoms with E-state index >= 15 is 0 Å². The Balaban J connectivity index is 1.58. The van der Waals surface area contributed by atoms with Crippen LogP contribution in [0.25, 0.3) is 0 Å². The van der Waals surface area contributed by atoms with Crippen molar-refractivity contribution in [1.82, 2.24) is 0 Å². The summed E-state index contributed by atoms with van der Waals surface area (Å²) < 4.78 is 4.53. The van der Waals surface area contributed by atoms with Gasteiger partial charge in [-0.1, -0.05) is 20.8 Å². The highest BCUT2D eigenvalue weighted by Crippen LogP contribution is 2.68. The Bertz CT molecular complexity index is 658. The number of carbonyl (C=O) groups excluding carboxylic acids is 1. The summed E-state index contributed by atoms with van der Waals surface area (Å²) in [6.45, 7) is 6.80. The zero-order chi connectivity index (χ0) is 21.8. The van der Waals surface area contributed by atoms with Gasteiger partial charge in [0, 0.05) is 19.3 Å². The third kappa shape index (κ3) is 3.45. The molecule has 11 atom stereocenters. The van der Waals surface area contributed by atoms with Crippen molar-refractivity contribution in [1.29, 1.82) is 0 Å². The second-order valence-electron chi connectivity index (χ2n) is 11.5. The van der Waals surface area contributed by atoms with Gasteiger partial charge < -0.3 is 19.5 Å². The van der Waals surface area contributed by atoms with Crippen molar-refractivity contribution in [3.8, 4) is 0 Å². The van der Waals surface area contributed by atoms with Crippen LogP contribution in [0.5, 0.6) is 0 Å². The van der Waals surface area contributed by atoms with Gasteiger partial charge in [0.1, 0.15) is 0 Å². The number of hydrogen-bond acceptors (Lipinski definition) is 6. The molecule has 4 aliphatic rings. The summed E-state index contributed by atoms with van der Waals surface area (Å²) in [5.74, 6) is 1.57. The van der Waals surface area contributed by atoms with Gasteiger partial charge in [-0.15, -0.1) is 0 Å². The fourth-order valence-electron chi connectivity index (χ4n) is 8.72. The number of hydrogen-bond donors (Lipinski definition) is 4. The molecule has 0 aromatic heterocycles. The monoisotopic (exact) mass is 440 g/mol. The highest BCUT2D eigenvalue weighted by atomic mass is 32.1. The molecule has 0 amide bonds. The van der Waals surface area contributed by atoms with E-state index in [1.54, 1.807) is 0 Å². The van der Waals surface area contributed by atoms with E-state index in [2.05, 4.69) is 37.9 Å². The maximum atomic E-state index is 11.6. The Morgan fingerprint density at radius 3 is 2.53 bits per heavy atom. The van der Waals surface area contributed by atoms with Crippen molar-refractivity contribution in [3.05, 3.63) is 0 Å². The summed E-state index contributed by atoms with van der Waals surface area (Å²) in [5, 5.41) is 33.0. The lowest BCUT2D eigenvalue weighted by molar-refractivity contribution is -0.207. The van der Waals surface area contributed by atoms with Gasteiger partial charge in [-0.25, -0.2) is 0 Å². The highest BCUT2D eigenvalue weighted by Gasteiger charge is 2.65. The molecule has 0 saturated heterocycles.